The molecule has 0 aromatic rings. The van der Waals surface area contributed by atoms with Crippen LogP contribution in [0.1, 0.15) is 117 Å². The predicted molar refractivity (Wildman–Crippen MR) is 126 cm³/mol. The zero-order valence-electron chi connectivity index (χ0n) is 19.9. The summed E-state index contributed by atoms with van der Waals surface area (Å²) in [6.45, 7) is 10.4. The van der Waals surface area contributed by atoms with Gasteiger partial charge >= 0.3 is 0 Å². The summed E-state index contributed by atoms with van der Waals surface area (Å²) in [5.74, 6) is 0. The second-order valence-corrected chi connectivity index (χ2v) is 8.82. The highest BCUT2D eigenvalue weighted by molar-refractivity contribution is 4.62. The highest BCUT2D eigenvalue weighted by Gasteiger charge is 2.07. The smallest absolute Gasteiger partial charge is 0.0558 e. The van der Waals surface area contributed by atoms with Gasteiger partial charge in [-0.05, 0) is 33.0 Å². The van der Waals surface area contributed by atoms with Gasteiger partial charge in [-0.3, -0.25) is 0 Å². The van der Waals surface area contributed by atoms with E-state index in [2.05, 4.69) is 30.7 Å². The van der Waals surface area contributed by atoms with E-state index in [1.807, 2.05) is 0 Å². The van der Waals surface area contributed by atoms with Crippen molar-refractivity contribution in [2.75, 3.05) is 46.4 Å². The van der Waals surface area contributed by atoms with Gasteiger partial charge in [0.25, 0.3) is 0 Å². The third kappa shape index (κ3) is 20.6. The Balaban J connectivity index is 3.85. The first-order valence-corrected chi connectivity index (χ1v) is 12.8. The number of nitrogens with zero attached hydrogens (tertiary/aromatic N) is 2. The summed E-state index contributed by atoms with van der Waals surface area (Å²) in [5, 5.41) is 9.10. The van der Waals surface area contributed by atoms with Crippen molar-refractivity contribution >= 4 is 0 Å². The highest BCUT2D eigenvalue weighted by Crippen LogP contribution is 2.11. The molecule has 0 aliphatic heterocycles. The minimum Gasteiger partial charge on any atom is -0.395 e. The number of rotatable bonds is 23. The normalized spacial score (nSPS) is 11.8. The standard InChI is InChI=1S/C25H54N2O/c1-4-6-8-10-12-14-16-18-20-27(23-22-26(3)24-25-28)21-19-17-15-13-11-9-7-5-2/h28H,4-25H2,1-3H3. The Hall–Kier alpha value is -0.120. The molecule has 3 heteroatoms. The number of hydrogen-bond donors (Lipinski definition) is 1. The molecule has 0 spiro atoms. The molecular formula is C25H54N2O. The number of aliphatic hydroxyl groups excluding tert-OH is 1. The van der Waals surface area contributed by atoms with Gasteiger partial charge in [-0.1, -0.05) is 104 Å². The van der Waals surface area contributed by atoms with Gasteiger partial charge in [-0.15, -0.1) is 0 Å². The van der Waals surface area contributed by atoms with E-state index in [1.165, 1.54) is 116 Å². The zero-order chi connectivity index (χ0) is 20.7. The van der Waals surface area contributed by atoms with Crippen LogP contribution in [0.3, 0.4) is 0 Å². The Bertz CT molecular complexity index is 266. The van der Waals surface area contributed by atoms with Crippen LogP contribution in [0.15, 0.2) is 0 Å². The van der Waals surface area contributed by atoms with E-state index in [9.17, 15) is 0 Å². The van der Waals surface area contributed by atoms with E-state index >= 15 is 0 Å². The third-order valence-electron chi connectivity index (χ3n) is 5.94. The fraction of sp³-hybridized carbons (Fsp3) is 1.00. The summed E-state index contributed by atoms with van der Waals surface area (Å²) in [5.41, 5.74) is 0. The van der Waals surface area contributed by atoms with Gasteiger partial charge in [-0.2, -0.15) is 0 Å². The summed E-state index contributed by atoms with van der Waals surface area (Å²) in [7, 11) is 2.13. The lowest BCUT2D eigenvalue weighted by atomic mass is 10.1. The molecular weight excluding hydrogens is 344 g/mol. The van der Waals surface area contributed by atoms with Crippen LogP contribution < -0.4 is 0 Å². The second kappa shape index (κ2) is 23.2. The highest BCUT2D eigenvalue weighted by atomic mass is 16.3. The molecule has 0 unspecified atom stereocenters. The van der Waals surface area contributed by atoms with Crippen molar-refractivity contribution < 1.29 is 5.11 Å². The summed E-state index contributed by atoms with van der Waals surface area (Å²) in [4.78, 5) is 4.94. The largest absolute Gasteiger partial charge is 0.395 e. The van der Waals surface area contributed by atoms with E-state index < -0.39 is 0 Å². The Morgan fingerprint density at radius 1 is 0.464 bits per heavy atom. The molecule has 170 valence electrons. The average molecular weight is 399 g/mol. The first kappa shape index (κ1) is 27.9. The molecule has 0 fully saturated rings. The Morgan fingerprint density at radius 3 is 1.25 bits per heavy atom. The minimum atomic E-state index is 0.270. The first-order chi connectivity index (χ1) is 13.7. The van der Waals surface area contributed by atoms with Crippen LogP contribution in [-0.2, 0) is 0 Å². The van der Waals surface area contributed by atoms with Crippen LogP contribution >= 0.6 is 0 Å². The lowest BCUT2D eigenvalue weighted by Crippen LogP contribution is -2.35. The molecule has 0 atom stereocenters. The molecule has 0 rings (SSSR count). The van der Waals surface area contributed by atoms with E-state index in [1.54, 1.807) is 0 Å². The molecule has 0 radical (unpaired) electrons. The van der Waals surface area contributed by atoms with Crippen molar-refractivity contribution in [3.8, 4) is 0 Å². The zero-order valence-corrected chi connectivity index (χ0v) is 19.9. The van der Waals surface area contributed by atoms with Gasteiger partial charge in [0.2, 0.25) is 0 Å². The lowest BCUT2D eigenvalue weighted by Gasteiger charge is -2.25. The van der Waals surface area contributed by atoms with Crippen LogP contribution in [0.2, 0.25) is 0 Å². The molecule has 0 saturated carbocycles. The molecule has 28 heavy (non-hydrogen) atoms. The Morgan fingerprint density at radius 2 is 0.857 bits per heavy atom. The maximum Gasteiger partial charge on any atom is 0.0558 e. The lowest BCUT2D eigenvalue weighted by molar-refractivity contribution is 0.187. The molecule has 0 heterocycles. The fourth-order valence-corrected chi connectivity index (χ4v) is 3.87. The van der Waals surface area contributed by atoms with Crippen LogP contribution in [0.4, 0.5) is 0 Å². The van der Waals surface area contributed by atoms with E-state index in [0.29, 0.717) is 0 Å². The molecule has 0 bridgehead atoms. The SMILES string of the molecule is CCCCCCCCCCN(CCCCCCCCCC)CCN(C)CCO. The van der Waals surface area contributed by atoms with Crippen LogP contribution in [0.25, 0.3) is 0 Å². The minimum absolute atomic E-state index is 0.270. The first-order valence-electron chi connectivity index (χ1n) is 12.8. The topological polar surface area (TPSA) is 26.7 Å². The van der Waals surface area contributed by atoms with E-state index in [-0.39, 0.29) is 6.61 Å². The van der Waals surface area contributed by atoms with Crippen molar-refractivity contribution in [3.63, 3.8) is 0 Å². The molecule has 0 aromatic heterocycles. The summed E-state index contributed by atoms with van der Waals surface area (Å²) < 4.78 is 0. The molecule has 0 saturated heterocycles. The number of aliphatic hydroxyl groups is 1. The van der Waals surface area contributed by atoms with Crippen molar-refractivity contribution in [2.45, 2.75) is 117 Å². The van der Waals surface area contributed by atoms with Gasteiger partial charge in [0.1, 0.15) is 0 Å². The van der Waals surface area contributed by atoms with Crippen molar-refractivity contribution in [1.82, 2.24) is 9.80 Å². The number of likely N-dealkylation sites (N-methyl/N-ethyl adjacent to an activating group) is 1. The van der Waals surface area contributed by atoms with Crippen molar-refractivity contribution in [1.29, 1.82) is 0 Å². The predicted octanol–water partition coefficient (Wildman–Crippen LogP) is 6.49. The third-order valence-corrected chi connectivity index (χ3v) is 5.94. The molecule has 1 N–H and O–H groups in total. The Labute approximate surface area is 178 Å². The molecule has 0 amide bonds. The molecule has 0 aliphatic rings. The van der Waals surface area contributed by atoms with Crippen molar-refractivity contribution in [2.24, 2.45) is 0 Å². The monoisotopic (exact) mass is 398 g/mol. The molecule has 3 nitrogen and oxygen atoms in total. The summed E-state index contributed by atoms with van der Waals surface area (Å²) >= 11 is 0. The maximum absolute atomic E-state index is 9.10. The maximum atomic E-state index is 9.10. The van der Waals surface area contributed by atoms with Gasteiger partial charge in [0.05, 0.1) is 6.61 Å². The summed E-state index contributed by atoms with van der Waals surface area (Å²) in [6.07, 6.45) is 22.4. The van der Waals surface area contributed by atoms with Gasteiger partial charge in [-0.25, -0.2) is 0 Å². The van der Waals surface area contributed by atoms with Gasteiger partial charge in [0.15, 0.2) is 0 Å². The average Bonchev–Trinajstić information content (AvgIpc) is 2.69. The Kier molecular flexibility index (Phi) is 23.1. The summed E-state index contributed by atoms with van der Waals surface area (Å²) in [6, 6.07) is 0. The van der Waals surface area contributed by atoms with Gasteiger partial charge < -0.3 is 14.9 Å². The van der Waals surface area contributed by atoms with Crippen LogP contribution in [-0.4, -0.2) is 61.3 Å². The number of hydrogen-bond acceptors (Lipinski definition) is 3. The van der Waals surface area contributed by atoms with E-state index in [4.69, 9.17) is 5.11 Å². The van der Waals surface area contributed by atoms with Crippen LogP contribution in [0, 0.1) is 0 Å². The number of unbranched alkanes of at least 4 members (excludes halogenated alkanes) is 14. The quantitative estimate of drug-likeness (QED) is 0.199. The van der Waals surface area contributed by atoms with Crippen molar-refractivity contribution in [3.05, 3.63) is 0 Å². The van der Waals surface area contributed by atoms with E-state index in [0.717, 1.165) is 19.6 Å². The molecule has 0 aromatic carbocycles. The van der Waals surface area contributed by atoms with Crippen LogP contribution in [0.5, 0.6) is 0 Å². The second-order valence-electron chi connectivity index (χ2n) is 8.82. The van der Waals surface area contributed by atoms with Gasteiger partial charge in [0, 0.05) is 19.6 Å². The molecule has 0 aliphatic carbocycles. The fourth-order valence-electron chi connectivity index (χ4n) is 3.87.